The molecular formula is C12H22BrN5OS. The van der Waals surface area contributed by atoms with E-state index in [0.717, 1.165) is 41.4 Å². The van der Waals surface area contributed by atoms with Gasteiger partial charge in [-0.05, 0) is 30.0 Å². The molecule has 1 aliphatic heterocycles. The highest BCUT2D eigenvalue weighted by atomic mass is 79.9. The lowest BCUT2D eigenvalue weighted by Crippen LogP contribution is -2.42. The van der Waals surface area contributed by atoms with Gasteiger partial charge in [0, 0.05) is 18.1 Å². The van der Waals surface area contributed by atoms with Crippen LogP contribution in [0.4, 0.5) is 0 Å². The molecule has 20 heavy (non-hydrogen) atoms. The molecule has 0 aromatic carbocycles. The summed E-state index contributed by atoms with van der Waals surface area (Å²) < 4.78 is 8.82. The van der Waals surface area contributed by atoms with E-state index in [1.165, 1.54) is 0 Å². The third kappa shape index (κ3) is 3.96. The minimum atomic E-state index is -0.0539. The topological polar surface area (TPSA) is 68.3 Å². The quantitative estimate of drug-likeness (QED) is 0.576. The zero-order chi connectivity index (χ0) is 14.5. The number of thioether (sulfide) groups is 1. The number of halogens is 1. The number of nitrogens with two attached hydrogens (primary N) is 1. The molecule has 1 aromatic heterocycles. The second-order valence-electron chi connectivity index (χ2n) is 5.03. The number of rotatable bonds is 6. The van der Waals surface area contributed by atoms with Gasteiger partial charge < -0.3 is 9.64 Å². The SMILES string of the molecule is CN(C)CCn1ncc(Br)c1C(NN)C1CSCCO1. The molecular weight excluding hydrogens is 342 g/mol. The normalized spacial score (nSPS) is 21.4. The lowest BCUT2D eigenvalue weighted by Gasteiger charge is -2.30. The van der Waals surface area contributed by atoms with Crippen molar-refractivity contribution in [3.05, 3.63) is 16.4 Å². The van der Waals surface area contributed by atoms with E-state index in [4.69, 9.17) is 10.6 Å². The molecule has 0 amide bonds. The van der Waals surface area contributed by atoms with E-state index in [9.17, 15) is 0 Å². The van der Waals surface area contributed by atoms with E-state index < -0.39 is 0 Å². The summed E-state index contributed by atoms with van der Waals surface area (Å²) in [6, 6.07) is -0.0539. The number of aromatic nitrogens is 2. The second-order valence-corrected chi connectivity index (χ2v) is 7.04. The van der Waals surface area contributed by atoms with Gasteiger partial charge in [0.1, 0.15) is 0 Å². The Labute approximate surface area is 132 Å². The molecule has 1 aromatic rings. The number of hydrogen-bond acceptors (Lipinski definition) is 6. The molecule has 6 nitrogen and oxygen atoms in total. The van der Waals surface area contributed by atoms with Crippen LogP contribution >= 0.6 is 27.7 Å². The third-order valence-corrected chi connectivity index (χ3v) is 4.91. The Morgan fingerprint density at radius 3 is 3.10 bits per heavy atom. The number of hydrazine groups is 1. The average molecular weight is 364 g/mol. The largest absolute Gasteiger partial charge is 0.374 e. The van der Waals surface area contributed by atoms with Gasteiger partial charge in [-0.2, -0.15) is 16.9 Å². The minimum absolute atomic E-state index is 0.0539. The van der Waals surface area contributed by atoms with Gasteiger partial charge in [-0.25, -0.2) is 5.43 Å². The predicted molar refractivity (Wildman–Crippen MR) is 85.6 cm³/mol. The molecule has 1 aliphatic rings. The Morgan fingerprint density at radius 1 is 1.70 bits per heavy atom. The highest BCUT2D eigenvalue weighted by molar-refractivity contribution is 9.10. The lowest BCUT2D eigenvalue weighted by atomic mass is 10.1. The van der Waals surface area contributed by atoms with Crippen molar-refractivity contribution < 1.29 is 4.74 Å². The molecule has 114 valence electrons. The van der Waals surface area contributed by atoms with Crippen molar-refractivity contribution in [3.8, 4) is 0 Å². The minimum Gasteiger partial charge on any atom is -0.374 e. The van der Waals surface area contributed by atoms with Crippen molar-refractivity contribution in [2.75, 3.05) is 38.8 Å². The highest BCUT2D eigenvalue weighted by Crippen LogP contribution is 2.29. The first-order chi connectivity index (χ1) is 9.63. The summed E-state index contributed by atoms with van der Waals surface area (Å²) in [5, 5.41) is 4.44. The first-order valence-electron chi connectivity index (χ1n) is 6.65. The number of nitrogens with one attached hydrogen (secondary N) is 1. The second kappa shape index (κ2) is 7.77. The summed E-state index contributed by atoms with van der Waals surface area (Å²) in [5.74, 6) is 7.77. The lowest BCUT2D eigenvalue weighted by molar-refractivity contribution is 0.0441. The molecule has 0 aliphatic carbocycles. The van der Waals surface area contributed by atoms with Crippen molar-refractivity contribution >= 4 is 27.7 Å². The van der Waals surface area contributed by atoms with Gasteiger partial charge in [0.2, 0.25) is 0 Å². The maximum absolute atomic E-state index is 5.85. The van der Waals surface area contributed by atoms with Gasteiger partial charge in [-0.3, -0.25) is 10.5 Å². The average Bonchev–Trinajstić information content (AvgIpc) is 2.80. The summed E-state index contributed by atoms with van der Waals surface area (Å²) in [6.07, 6.45) is 1.90. The van der Waals surface area contributed by atoms with Crippen molar-refractivity contribution in [1.29, 1.82) is 0 Å². The van der Waals surface area contributed by atoms with E-state index in [0.29, 0.717) is 0 Å². The highest BCUT2D eigenvalue weighted by Gasteiger charge is 2.30. The van der Waals surface area contributed by atoms with Gasteiger partial charge in [0.05, 0.1) is 41.7 Å². The number of nitrogens with zero attached hydrogens (tertiary/aromatic N) is 3. The standard InChI is InChI=1S/C12H22BrN5OS/c1-17(2)3-4-18-12(9(13)7-15-18)11(16-14)10-8-20-6-5-19-10/h7,10-11,16H,3-6,8,14H2,1-2H3. The molecule has 0 spiro atoms. The Hall–Kier alpha value is -0.120. The van der Waals surface area contributed by atoms with Crippen LogP contribution in [0, 0.1) is 0 Å². The molecule has 1 fully saturated rings. The van der Waals surface area contributed by atoms with Crippen LogP contribution in [0.5, 0.6) is 0 Å². The van der Waals surface area contributed by atoms with Gasteiger partial charge in [-0.15, -0.1) is 0 Å². The zero-order valence-corrected chi connectivity index (χ0v) is 14.3. The molecule has 0 radical (unpaired) electrons. The maximum atomic E-state index is 5.85. The molecule has 2 heterocycles. The van der Waals surface area contributed by atoms with E-state index in [1.807, 2.05) is 22.6 Å². The zero-order valence-electron chi connectivity index (χ0n) is 11.9. The molecule has 8 heteroatoms. The Bertz CT molecular complexity index is 422. The maximum Gasteiger partial charge on any atom is 0.0909 e. The number of ether oxygens (including phenoxy) is 1. The molecule has 2 atom stereocenters. The fraction of sp³-hybridized carbons (Fsp3) is 0.750. The molecule has 1 saturated heterocycles. The summed E-state index contributed by atoms with van der Waals surface area (Å²) in [5.41, 5.74) is 3.96. The van der Waals surface area contributed by atoms with Crippen LogP contribution in [0.1, 0.15) is 11.7 Å². The smallest absolute Gasteiger partial charge is 0.0909 e. The molecule has 3 N–H and O–H groups in total. The summed E-state index contributed by atoms with van der Waals surface area (Å²) in [4.78, 5) is 2.14. The van der Waals surface area contributed by atoms with E-state index >= 15 is 0 Å². The summed E-state index contributed by atoms with van der Waals surface area (Å²) in [7, 11) is 4.11. The van der Waals surface area contributed by atoms with Crippen LogP contribution in [0.25, 0.3) is 0 Å². The summed E-state index contributed by atoms with van der Waals surface area (Å²) in [6.45, 7) is 2.53. The molecule has 2 unspecified atom stereocenters. The Kier molecular flexibility index (Phi) is 6.31. The van der Waals surface area contributed by atoms with Crippen LogP contribution in [0.2, 0.25) is 0 Å². The van der Waals surface area contributed by atoms with Crippen LogP contribution in [0.3, 0.4) is 0 Å². The van der Waals surface area contributed by atoms with Crippen molar-refractivity contribution in [1.82, 2.24) is 20.1 Å². The predicted octanol–water partition coefficient (Wildman–Crippen LogP) is 0.844. The third-order valence-electron chi connectivity index (χ3n) is 3.28. The number of likely N-dealkylation sites (N-methyl/N-ethyl adjacent to an activating group) is 1. The van der Waals surface area contributed by atoms with Crippen LogP contribution in [-0.4, -0.2) is 59.5 Å². The van der Waals surface area contributed by atoms with Crippen LogP contribution < -0.4 is 11.3 Å². The fourth-order valence-electron chi connectivity index (χ4n) is 2.21. The van der Waals surface area contributed by atoms with Crippen LogP contribution in [0.15, 0.2) is 10.7 Å². The number of hydrogen-bond donors (Lipinski definition) is 2. The van der Waals surface area contributed by atoms with E-state index in [1.54, 1.807) is 0 Å². The van der Waals surface area contributed by atoms with E-state index in [2.05, 4.69) is 45.4 Å². The first kappa shape index (κ1) is 16.3. The van der Waals surface area contributed by atoms with Crippen molar-refractivity contribution in [2.24, 2.45) is 5.84 Å². The van der Waals surface area contributed by atoms with Crippen molar-refractivity contribution in [2.45, 2.75) is 18.7 Å². The molecule has 0 bridgehead atoms. The van der Waals surface area contributed by atoms with E-state index in [-0.39, 0.29) is 12.1 Å². The monoisotopic (exact) mass is 363 g/mol. The Balaban J connectivity index is 2.17. The molecule has 2 rings (SSSR count). The first-order valence-corrected chi connectivity index (χ1v) is 8.59. The molecule has 0 saturated carbocycles. The van der Waals surface area contributed by atoms with Crippen LogP contribution in [-0.2, 0) is 11.3 Å². The fourth-order valence-corrected chi connectivity index (χ4v) is 3.66. The van der Waals surface area contributed by atoms with Crippen molar-refractivity contribution in [3.63, 3.8) is 0 Å². The van der Waals surface area contributed by atoms with Gasteiger partial charge in [-0.1, -0.05) is 0 Å². The Morgan fingerprint density at radius 2 is 2.50 bits per heavy atom. The van der Waals surface area contributed by atoms with Gasteiger partial charge in [0.25, 0.3) is 0 Å². The van der Waals surface area contributed by atoms with Gasteiger partial charge in [0.15, 0.2) is 0 Å². The van der Waals surface area contributed by atoms with Gasteiger partial charge >= 0.3 is 0 Å². The summed E-state index contributed by atoms with van der Waals surface area (Å²) >= 11 is 5.48.